The molecule has 0 unspecified atom stereocenters. The zero-order valence-corrected chi connectivity index (χ0v) is 16.3. The molecule has 28 heavy (non-hydrogen) atoms. The molecule has 0 aliphatic heterocycles. The third kappa shape index (κ3) is 5.07. The number of nitrogens with zero attached hydrogens (tertiary/aromatic N) is 3. The standard InChI is InChI=1S/C19H20FN5O2S/c1-3-4-14-10-17(26)23-19(21-14)28-11-18(27)22-16-9-12(2)24-25(16)15-7-5-13(20)6-8-15/h5-10H,3-4,11H2,1-2H3,(H,22,27)(H,21,23,26). The fraction of sp³-hybridized carbons (Fsp3) is 0.263. The van der Waals surface area contributed by atoms with Crippen LogP contribution in [0.3, 0.4) is 0 Å². The Morgan fingerprint density at radius 3 is 2.75 bits per heavy atom. The normalized spacial score (nSPS) is 10.8. The molecule has 1 aromatic carbocycles. The largest absolute Gasteiger partial charge is 0.310 e. The molecule has 2 aromatic heterocycles. The number of nitrogens with one attached hydrogen (secondary N) is 2. The van der Waals surface area contributed by atoms with Crippen molar-refractivity contribution in [2.24, 2.45) is 0 Å². The number of benzene rings is 1. The van der Waals surface area contributed by atoms with Gasteiger partial charge in [0.25, 0.3) is 5.56 Å². The van der Waals surface area contributed by atoms with Crippen molar-refractivity contribution in [1.29, 1.82) is 0 Å². The Labute approximate surface area is 165 Å². The van der Waals surface area contributed by atoms with Crippen LogP contribution in [0.15, 0.2) is 46.3 Å². The lowest BCUT2D eigenvalue weighted by Gasteiger charge is -2.09. The van der Waals surface area contributed by atoms with E-state index in [1.54, 1.807) is 29.8 Å². The van der Waals surface area contributed by atoms with E-state index in [0.29, 0.717) is 34.5 Å². The average Bonchev–Trinajstić information content (AvgIpc) is 3.00. The van der Waals surface area contributed by atoms with Gasteiger partial charge in [-0.25, -0.2) is 14.1 Å². The van der Waals surface area contributed by atoms with Crippen LogP contribution in [0.2, 0.25) is 0 Å². The number of thioether (sulfide) groups is 1. The molecule has 7 nitrogen and oxygen atoms in total. The van der Waals surface area contributed by atoms with Crippen molar-refractivity contribution in [1.82, 2.24) is 19.7 Å². The first kappa shape index (κ1) is 19.8. The number of anilines is 1. The summed E-state index contributed by atoms with van der Waals surface area (Å²) in [5, 5.41) is 7.55. The number of hydrogen-bond acceptors (Lipinski definition) is 5. The van der Waals surface area contributed by atoms with Crippen molar-refractivity contribution in [3.63, 3.8) is 0 Å². The van der Waals surface area contributed by atoms with Crippen LogP contribution in [-0.4, -0.2) is 31.4 Å². The summed E-state index contributed by atoms with van der Waals surface area (Å²) in [5.41, 5.74) is 1.83. The van der Waals surface area contributed by atoms with Gasteiger partial charge in [-0.15, -0.1) is 0 Å². The quantitative estimate of drug-likeness (QED) is 0.469. The first-order valence-corrected chi connectivity index (χ1v) is 9.78. The van der Waals surface area contributed by atoms with Crippen LogP contribution >= 0.6 is 11.8 Å². The summed E-state index contributed by atoms with van der Waals surface area (Å²) in [7, 11) is 0. The Bertz CT molecular complexity index is 1030. The highest BCUT2D eigenvalue weighted by Crippen LogP contribution is 2.19. The Hall–Kier alpha value is -2.94. The topological polar surface area (TPSA) is 92.7 Å². The van der Waals surface area contributed by atoms with Crippen molar-refractivity contribution in [3.05, 3.63) is 64.0 Å². The van der Waals surface area contributed by atoms with Crippen LogP contribution in [-0.2, 0) is 11.2 Å². The molecule has 9 heteroatoms. The molecule has 0 aliphatic carbocycles. The number of hydrogen-bond donors (Lipinski definition) is 2. The molecule has 0 radical (unpaired) electrons. The number of aryl methyl sites for hydroxylation is 2. The molecule has 146 valence electrons. The predicted octanol–water partition coefficient (Wildman–Crippen LogP) is 3.09. The van der Waals surface area contributed by atoms with Crippen molar-refractivity contribution >= 4 is 23.5 Å². The van der Waals surface area contributed by atoms with Crippen LogP contribution in [0.1, 0.15) is 24.7 Å². The maximum Gasteiger partial charge on any atom is 0.251 e. The van der Waals surface area contributed by atoms with Gasteiger partial charge in [-0.3, -0.25) is 9.59 Å². The highest BCUT2D eigenvalue weighted by atomic mass is 32.2. The second-order valence-corrected chi connectivity index (χ2v) is 7.15. The van der Waals surface area contributed by atoms with E-state index in [9.17, 15) is 14.0 Å². The van der Waals surface area contributed by atoms with E-state index in [2.05, 4.69) is 20.4 Å². The second-order valence-electron chi connectivity index (χ2n) is 6.19. The SMILES string of the molecule is CCCc1cc(=O)[nH]c(SCC(=O)Nc2cc(C)nn2-c2ccc(F)cc2)n1. The number of rotatable bonds is 7. The number of H-pyrrole nitrogens is 1. The van der Waals surface area contributed by atoms with E-state index in [4.69, 9.17) is 0 Å². The minimum atomic E-state index is -0.346. The van der Waals surface area contributed by atoms with E-state index in [0.717, 1.165) is 18.2 Å². The number of carbonyl (C=O) groups is 1. The van der Waals surface area contributed by atoms with Gasteiger partial charge in [-0.2, -0.15) is 5.10 Å². The van der Waals surface area contributed by atoms with Crippen LogP contribution in [0.25, 0.3) is 5.69 Å². The first-order valence-electron chi connectivity index (χ1n) is 8.80. The molecule has 3 aromatic rings. The third-order valence-electron chi connectivity index (χ3n) is 3.79. The zero-order valence-electron chi connectivity index (χ0n) is 15.5. The van der Waals surface area contributed by atoms with Crippen LogP contribution in [0, 0.1) is 12.7 Å². The minimum absolute atomic E-state index is 0.0756. The summed E-state index contributed by atoms with van der Waals surface area (Å²) in [6, 6.07) is 9.03. The van der Waals surface area contributed by atoms with Gasteiger partial charge in [-0.1, -0.05) is 25.1 Å². The molecule has 2 heterocycles. The predicted molar refractivity (Wildman–Crippen MR) is 106 cm³/mol. The van der Waals surface area contributed by atoms with E-state index in [-0.39, 0.29) is 23.0 Å². The van der Waals surface area contributed by atoms with E-state index in [1.165, 1.54) is 18.2 Å². The summed E-state index contributed by atoms with van der Waals surface area (Å²) >= 11 is 1.15. The highest BCUT2D eigenvalue weighted by molar-refractivity contribution is 7.99. The molecule has 0 fully saturated rings. The smallest absolute Gasteiger partial charge is 0.251 e. The van der Waals surface area contributed by atoms with Crippen molar-refractivity contribution in [2.45, 2.75) is 31.8 Å². The van der Waals surface area contributed by atoms with Gasteiger partial charge in [0.15, 0.2) is 5.16 Å². The molecule has 0 saturated carbocycles. The minimum Gasteiger partial charge on any atom is -0.310 e. The summed E-state index contributed by atoms with van der Waals surface area (Å²) < 4.78 is 14.7. The summed E-state index contributed by atoms with van der Waals surface area (Å²) in [5.74, 6) is -0.0549. The molecule has 0 aliphatic rings. The van der Waals surface area contributed by atoms with Gasteiger partial charge >= 0.3 is 0 Å². The number of amides is 1. The van der Waals surface area contributed by atoms with Crippen LogP contribution in [0.4, 0.5) is 10.2 Å². The van der Waals surface area contributed by atoms with Crippen molar-refractivity contribution in [3.8, 4) is 5.69 Å². The number of halogens is 1. The molecule has 0 saturated heterocycles. The molecule has 2 N–H and O–H groups in total. The second kappa shape index (κ2) is 8.83. The van der Waals surface area contributed by atoms with Gasteiger partial charge in [-0.05, 0) is 37.6 Å². The Balaban J connectivity index is 1.69. The fourth-order valence-electron chi connectivity index (χ4n) is 2.62. The molecule has 0 bridgehead atoms. The fourth-order valence-corrected chi connectivity index (χ4v) is 3.31. The van der Waals surface area contributed by atoms with E-state index >= 15 is 0 Å². The van der Waals surface area contributed by atoms with Crippen molar-refractivity contribution < 1.29 is 9.18 Å². The maximum atomic E-state index is 13.2. The van der Waals surface area contributed by atoms with Crippen LogP contribution < -0.4 is 10.9 Å². The molecular weight excluding hydrogens is 381 g/mol. The lowest BCUT2D eigenvalue weighted by Crippen LogP contribution is -2.18. The molecule has 0 atom stereocenters. The highest BCUT2D eigenvalue weighted by Gasteiger charge is 2.12. The van der Waals surface area contributed by atoms with Crippen molar-refractivity contribution in [2.75, 3.05) is 11.1 Å². The van der Waals surface area contributed by atoms with Crippen LogP contribution in [0.5, 0.6) is 0 Å². The van der Waals surface area contributed by atoms with Gasteiger partial charge < -0.3 is 10.3 Å². The maximum absolute atomic E-state index is 13.2. The molecule has 3 rings (SSSR count). The summed E-state index contributed by atoms with van der Waals surface area (Å²) in [4.78, 5) is 31.1. The lowest BCUT2D eigenvalue weighted by molar-refractivity contribution is -0.113. The summed E-state index contributed by atoms with van der Waals surface area (Å²) in [6.45, 7) is 3.81. The molecule has 0 spiro atoms. The average molecular weight is 401 g/mol. The van der Waals surface area contributed by atoms with Gasteiger partial charge in [0.2, 0.25) is 5.91 Å². The van der Waals surface area contributed by atoms with Gasteiger partial charge in [0.05, 0.1) is 17.1 Å². The Kier molecular flexibility index (Phi) is 6.25. The summed E-state index contributed by atoms with van der Waals surface area (Å²) in [6.07, 6.45) is 1.59. The molecular formula is C19H20FN5O2S. The van der Waals surface area contributed by atoms with E-state index < -0.39 is 0 Å². The van der Waals surface area contributed by atoms with E-state index in [1.807, 2.05) is 6.92 Å². The first-order chi connectivity index (χ1) is 13.4. The molecule has 1 amide bonds. The zero-order chi connectivity index (χ0) is 20.1. The Morgan fingerprint density at radius 1 is 1.29 bits per heavy atom. The monoisotopic (exact) mass is 401 g/mol. The van der Waals surface area contributed by atoms with Gasteiger partial charge in [0, 0.05) is 17.8 Å². The number of aromatic amines is 1. The number of aromatic nitrogens is 4. The lowest BCUT2D eigenvalue weighted by atomic mass is 10.2. The van der Waals surface area contributed by atoms with Gasteiger partial charge in [0.1, 0.15) is 11.6 Å². The number of carbonyl (C=O) groups excluding carboxylic acids is 1. The Morgan fingerprint density at radius 2 is 2.04 bits per heavy atom. The third-order valence-corrected chi connectivity index (χ3v) is 4.66.